The first-order chi connectivity index (χ1) is 13.6. The molecule has 1 aromatic carbocycles. The largest absolute Gasteiger partial charge is 0.487 e. The van der Waals surface area contributed by atoms with Crippen molar-refractivity contribution in [1.82, 2.24) is 14.3 Å². The number of nitrogens with one attached hydrogen (secondary N) is 1. The summed E-state index contributed by atoms with van der Waals surface area (Å²) in [4.78, 5) is 20.4. The predicted molar refractivity (Wildman–Crippen MR) is 105 cm³/mol. The minimum absolute atomic E-state index is 0.0742. The van der Waals surface area contributed by atoms with Crippen LogP contribution in [0, 0.1) is 5.82 Å². The normalized spacial score (nSPS) is 18.0. The smallest absolute Gasteiger partial charge is 0.242 e. The van der Waals surface area contributed by atoms with Crippen LogP contribution in [-0.2, 0) is 14.8 Å². The number of amides is 1. The highest BCUT2D eigenvalue weighted by Gasteiger charge is 2.41. The van der Waals surface area contributed by atoms with Gasteiger partial charge in [-0.15, -0.1) is 0 Å². The fourth-order valence-electron chi connectivity index (χ4n) is 3.28. The highest BCUT2D eigenvalue weighted by Crippen LogP contribution is 2.43. The first-order valence-corrected chi connectivity index (χ1v) is 10.8. The summed E-state index contributed by atoms with van der Waals surface area (Å²) < 4.78 is 46.7. The third kappa shape index (κ3) is 4.88. The number of rotatable bonds is 6. The standard InChI is InChI=1S/C19H23FN4O4S/c1-4-29(26,27)24(12-17(25)23-18-21-8-5-9-22-18)15-11-19(2,3)28-16-7-6-13(20)10-14(15)16/h5-10,15H,4,11-12H2,1-3H3,(H,21,22,23,25). The van der Waals surface area contributed by atoms with Gasteiger partial charge in [0.15, 0.2) is 0 Å². The van der Waals surface area contributed by atoms with E-state index >= 15 is 0 Å². The molecule has 0 saturated heterocycles. The Labute approximate surface area is 169 Å². The Hall–Kier alpha value is -2.59. The van der Waals surface area contributed by atoms with E-state index in [0.717, 1.165) is 4.31 Å². The Bertz CT molecular complexity index is 999. The van der Waals surface area contributed by atoms with Crippen LogP contribution in [0.25, 0.3) is 0 Å². The zero-order chi connectivity index (χ0) is 21.2. The molecule has 0 fully saturated rings. The van der Waals surface area contributed by atoms with Gasteiger partial charge in [0.2, 0.25) is 21.9 Å². The molecule has 10 heteroatoms. The van der Waals surface area contributed by atoms with E-state index in [0.29, 0.717) is 11.3 Å². The van der Waals surface area contributed by atoms with Crippen LogP contribution in [0.3, 0.4) is 0 Å². The lowest BCUT2D eigenvalue weighted by Gasteiger charge is -2.41. The van der Waals surface area contributed by atoms with Crippen molar-refractivity contribution in [1.29, 1.82) is 0 Å². The Morgan fingerprint density at radius 1 is 1.34 bits per heavy atom. The van der Waals surface area contributed by atoms with Crippen LogP contribution in [0.5, 0.6) is 5.75 Å². The lowest BCUT2D eigenvalue weighted by atomic mass is 9.89. The number of carbonyl (C=O) groups excluding carboxylic acids is 1. The minimum atomic E-state index is -3.80. The lowest BCUT2D eigenvalue weighted by molar-refractivity contribution is -0.117. The number of halogens is 1. The van der Waals surface area contributed by atoms with Crippen LogP contribution in [0.15, 0.2) is 36.7 Å². The van der Waals surface area contributed by atoms with Crippen LogP contribution >= 0.6 is 0 Å². The van der Waals surface area contributed by atoms with Gasteiger partial charge in [0.1, 0.15) is 17.2 Å². The van der Waals surface area contributed by atoms with Crippen molar-refractivity contribution < 1.29 is 22.3 Å². The monoisotopic (exact) mass is 422 g/mol. The number of hydrogen-bond acceptors (Lipinski definition) is 6. The summed E-state index contributed by atoms with van der Waals surface area (Å²) in [5.41, 5.74) is -0.305. The third-order valence-electron chi connectivity index (χ3n) is 4.59. The maximum Gasteiger partial charge on any atom is 0.242 e. The molecule has 1 unspecified atom stereocenters. The summed E-state index contributed by atoms with van der Waals surface area (Å²) in [6.45, 7) is 4.68. The van der Waals surface area contributed by atoms with Crippen molar-refractivity contribution in [2.24, 2.45) is 0 Å². The van der Waals surface area contributed by atoms with Gasteiger partial charge >= 0.3 is 0 Å². The van der Waals surface area contributed by atoms with E-state index in [2.05, 4.69) is 15.3 Å². The van der Waals surface area contributed by atoms with Crippen molar-refractivity contribution in [2.45, 2.75) is 38.8 Å². The van der Waals surface area contributed by atoms with Gasteiger partial charge in [0, 0.05) is 24.4 Å². The summed E-state index contributed by atoms with van der Waals surface area (Å²) in [5, 5.41) is 2.49. The zero-order valence-corrected chi connectivity index (χ0v) is 17.2. The minimum Gasteiger partial charge on any atom is -0.487 e. The Balaban J connectivity index is 1.97. The Morgan fingerprint density at radius 3 is 2.69 bits per heavy atom. The predicted octanol–water partition coefficient (Wildman–Crippen LogP) is 2.51. The summed E-state index contributed by atoms with van der Waals surface area (Å²) in [6, 6.07) is 4.84. The molecule has 0 saturated carbocycles. The molecule has 1 aromatic heterocycles. The van der Waals surface area contributed by atoms with Crippen LogP contribution in [0.1, 0.15) is 38.8 Å². The number of ether oxygens (including phenoxy) is 1. The van der Waals surface area contributed by atoms with Crippen molar-refractivity contribution in [3.63, 3.8) is 0 Å². The van der Waals surface area contributed by atoms with E-state index in [9.17, 15) is 17.6 Å². The van der Waals surface area contributed by atoms with Gasteiger partial charge < -0.3 is 4.74 Å². The SMILES string of the molecule is CCS(=O)(=O)N(CC(=O)Nc1ncccn1)C1CC(C)(C)Oc2ccc(F)cc21. The average Bonchev–Trinajstić information content (AvgIpc) is 2.66. The number of aromatic nitrogens is 2. The average molecular weight is 422 g/mol. The topological polar surface area (TPSA) is 101 Å². The summed E-state index contributed by atoms with van der Waals surface area (Å²) >= 11 is 0. The number of fused-ring (bicyclic) bond motifs is 1. The van der Waals surface area contributed by atoms with Crippen molar-refractivity contribution in [2.75, 3.05) is 17.6 Å². The lowest BCUT2D eigenvalue weighted by Crippen LogP contribution is -2.47. The zero-order valence-electron chi connectivity index (χ0n) is 16.4. The summed E-state index contributed by atoms with van der Waals surface area (Å²) in [7, 11) is -3.80. The van der Waals surface area contributed by atoms with E-state index in [-0.39, 0.29) is 18.1 Å². The van der Waals surface area contributed by atoms with E-state index in [1.54, 1.807) is 6.07 Å². The van der Waals surface area contributed by atoms with Gasteiger partial charge in [-0.1, -0.05) is 0 Å². The van der Waals surface area contributed by atoms with E-state index in [1.807, 2.05) is 13.8 Å². The number of sulfonamides is 1. The molecule has 2 heterocycles. The fourth-order valence-corrected chi connectivity index (χ4v) is 4.50. The highest BCUT2D eigenvalue weighted by atomic mass is 32.2. The molecular weight excluding hydrogens is 399 g/mol. The number of anilines is 1. The fraction of sp³-hybridized carbons (Fsp3) is 0.421. The quantitative estimate of drug-likeness (QED) is 0.768. The molecule has 3 rings (SSSR count). The third-order valence-corrected chi connectivity index (χ3v) is 6.42. The second-order valence-corrected chi connectivity index (χ2v) is 9.54. The first-order valence-electron chi connectivity index (χ1n) is 9.16. The second-order valence-electron chi connectivity index (χ2n) is 7.33. The van der Waals surface area contributed by atoms with Crippen molar-refractivity contribution in [3.8, 4) is 5.75 Å². The number of hydrogen-bond donors (Lipinski definition) is 1. The molecule has 1 aliphatic rings. The second kappa shape index (κ2) is 8.03. The molecule has 1 N–H and O–H groups in total. The van der Waals surface area contributed by atoms with Crippen LogP contribution in [0.4, 0.5) is 10.3 Å². The van der Waals surface area contributed by atoms with E-state index in [4.69, 9.17) is 4.74 Å². The molecule has 8 nitrogen and oxygen atoms in total. The summed E-state index contributed by atoms with van der Waals surface area (Å²) in [5.74, 6) is -0.825. The maximum atomic E-state index is 13.9. The Morgan fingerprint density at radius 2 is 2.03 bits per heavy atom. The highest BCUT2D eigenvalue weighted by molar-refractivity contribution is 7.89. The number of carbonyl (C=O) groups is 1. The van der Waals surface area contributed by atoms with Gasteiger partial charge in [-0.25, -0.2) is 22.8 Å². The van der Waals surface area contributed by atoms with Gasteiger partial charge in [-0.3, -0.25) is 10.1 Å². The van der Waals surface area contributed by atoms with Crippen molar-refractivity contribution in [3.05, 3.63) is 48.0 Å². The molecule has 2 aromatic rings. The van der Waals surface area contributed by atoms with Crippen LogP contribution in [-0.4, -0.2) is 46.5 Å². The molecule has 0 bridgehead atoms. The molecule has 1 atom stereocenters. The molecule has 1 amide bonds. The van der Waals surface area contributed by atoms with Crippen LogP contribution in [0.2, 0.25) is 0 Å². The first kappa shape index (κ1) is 21.1. The molecule has 0 radical (unpaired) electrons. The Kier molecular flexibility index (Phi) is 5.85. The van der Waals surface area contributed by atoms with Crippen LogP contribution < -0.4 is 10.1 Å². The van der Waals surface area contributed by atoms with Gasteiger partial charge in [0.05, 0.1) is 18.3 Å². The molecule has 1 aliphatic heterocycles. The molecule has 29 heavy (non-hydrogen) atoms. The molecule has 0 spiro atoms. The maximum absolute atomic E-state index is 13.9. The van der Waals surface area contributed by atoms with Gasteiger partial charge in [0.25, 0.3) is 0 Å². The van der Waals surface area contributed by atoms with Gasteiger partial charge in [-0.2, -0.15) is 4.31 Å². The molecular formula is C19H23FN4O4S. The number of benzene rings is 1. The summed E-state index contributed by atoms with van der Waals surface area (Å²) in [6.07, 6.45) is 3.18. The molecule has 0 aliphatic carbocycles. The van der Waals surface area contributed by atoms with E-state index < -0.39 is 39.9 Å². The molecule has 156 valence electrons. The number of nitrogens with zero attached hydrogens (tertiary/aromatic N) is 3. The van der Waals surface area contributed by atoms with E-state index in [1.165, 1.54) is 37.5 Å². The van der Waals surface area contributed by atoms with Crippen molar-refractivity contribution >= 4 is 21.9 Å². The van der Waals surface area contributed by atoms with Gasteiger partial charge in [-0.05, 0) is 45.0 Å².